The van der Waals surface area contributed by atoms with Crippen LogP contribution in [0.3, 0.4) is 0 Å². The first-order valence-corrected chi connectivity index (χ1v) is 9.62. The summed E-state index contributed by atoms with van der Waals surface area (Å²) in [4.78, 5) is 20.1. The third-order valence-electron chi connectivity index (χ3n) is 4.96. The number of carbonyl (C=O) groups excluding carboxylic acids is 1. The molecule has 8 heteroatoms. The summed E-state index contributed by atoms with van der Waals surface area (Å²) < 4.78 is 5.54. The van der Waals surface area contributed by atoms with Crippen molar-refractivity contribution in [2.45, 2.75) is 25.4 Å². The molecule has 7 nitrogen and oxygen atoms in total. The van der Waals surface area contributed by atoms with Crippen LogP contribution in [0, 0.1) is 0 Å². The first kappa shape index (κ1) is 23.2. The molecule has 1 saturated heterocycles. The van der Waals surface area contributed by atoms with Gasteiger partial charge in [0.05, 0.1) is 12.3 Å². The summed E-state index contributed by atoms with van der Waals surface area (Å²) in [7, 11) is 5.81. The van der Waals surface area contributed by atoms with E-state index in [-0.39, 0.29) is 35.9 Å². The molecule has 29 heavy (non-hydrogen) atoms. The van der Waals surface area contributed by atoms with Gasteiger partial charge in [0.25, 0.3) is 0 Å². The Hall–Kier alpha value is -2.07. The smallest absolute Gasteiger partial charge is 0.227 e. The summed E-state index contributed by atoms with van der Waals surface area (Å²) >= 11 is 0. The molecular formula is C21H30IN5O2. The highest BCUT2D eigenvalue weighted by molar-refractivity contribution is 14.0. The number of benzene rings is 1. The molecule has 1 aliphatic rings. The van der Waals surface area contributed by atoms with E-state index in [0.29, 0.717) is 19.5 Å². The lowest BCUT2D eigenvalue weighted by molar-refractivity contribution is -0.117. The Labute approximate surface area is 189 Å². The van der Waals surface area contributed by atoms with Gasteiger partial charge in [0.1, 0.15) is 5.76 Å². The van der Waals surface area contributed by atoms with E-state index in [1.807, 2.05) is 55.4 Å². The fourth-order valence-corrected chi connectivity index (χ4v) is 3.33. The lowest BCUT2D eigenvalue weighted by Crippen LogP contribution is -2.41. The van der Waals surface area contributed by atoms with Crippen molar-refractivity contribution in [1.29, 1.82) is 0 Å². The van der Waals surface area contributed by atoms with Crippen LogP contribution in [0.5, 0.6) is 0 Å². The standard InChI is InChI=1S/C21H29N5O2.HI/c1-22-21(24-15-18(25(2)3)19-6-5-13-28-19)23-14-16-8-10-17(11-9-16)26-12-4-7-20(26)27;/h5-6,8-11,13,18H,4,7,12,14-15H2,1-3H3,(H2,22,23,24);1H. The van der Waals surface area contributed by atoms with E-state index in [1.165, 1.54) is 0 Å². The second kappa shape index (κ2) is 11.2. The quantitative estimate of drug-likeness (QED) is 0.340. The molecule has 1 unspecified atom stereocenters. The van der Waals surface area contributed by atoms with Crippen molar-refractivity contribution < 1.29 is 9.21 Å². The van der Waals surface area contributed by atoms with Gasteiger partial charge in [-0.15, -0.1) is 24.0 Å². The molecule has 1 atom stereocenters. The molecule has 0 bridgehead atoms. The van der Waals surface area contributed by atoms with Crippen molar-refractivity contribution in [3.8, 4) is 0 Å². The zero-order valence-corrected chi connectivity index (χ0v) is 19.6. The van der Waals surface area contributed by atoms with Gasteiger partial charge in [-0.05, 0) is 50.3 Å². The first-order chi connectivity index (χ1) is 13.6. The van der Waals surface area contributed by atoms with Crippen LogP contribution in [0.15, 0.2) is 52.1 Å². The summed E-state index contributed by atoms with van der Waals surface area (Å²) in [6, 6.07) is 12.1. The molecule has 158 valence electrons. The number of hydrogen-bond acceptors (Lipinski definition) is 4. The van der Waals surface area contributed by atoms with Crippen LogP contribution in [-0.2, 0) is 11.3 Å². The van der Waals surface area contributed by atoms with Gasteiger partial charge in [-0.3, -0.25) is 14.7 Å². The minimum absolute atomic E-state index is 0. The molecular weight excluding hydrogens is 481 g/mol. The lowest BCUT2D eigenvalue weighted by atomic mass is 10.2. The predicted octanol–water partition coefficient (Wildman–Crippen LogP) is 2.99. The summed E-state index contributed by atoms with van der Waals surface area (Å²) in [5.41, 5.74) is 2.11. The molecule has 0 saturated carbocycles. The minimum atomic E-state index is 0. The number of nitrogens with zero attached hydrogens (tertiary/aromatic N) is 3. The van der Waals surface area contributed by atoms with Crippen molar-refractivity contribution >= 4 is 41.5 Å². The molecule has 1 aromatic carbocycles. The Morgan fingerprint density at radius 3 is 2.55 bits per heavy atom. The Morgan fingerprint density at radius 1 is 1.24 bits per heavy atom. The molecule has 3 rings (SSSR count). The normalized spacial score (nSPS) is 15.4. The third-order valence-corrected chi connectivity index (χ3v) is 4.96. The molecule has 0 spiro atoms. The molecule has 2 aromatic rings. The van der Waals surface area contributed by atoms with E-state index in [0.717, 1.165) is 35.9 Å². The largest absolute Gasteiger partial charge is 0.468 e. The molecule has 1 aromatic heterocycles. The minimum Gasteiger partial charge on any atom is -0.468 e. The monoisotopic (exact) mass is 511 g/mol. The van der Waals surface area contributed by atoms with Gasteiger partial charge in [-0.2, -0.15) is 0 Å². The SMILES string of the molecule is CN=C(NCc1ccc(N2CCCC2=O)cc1)NCC(c1ccco1)N(C)C.I. The van der Waals surface area contributed by atoms with Crippen molar-refractivity contribution in [2.75, 3.05) is 39.1 Å². The lowest BCUT2D eigenvalue weighted by Gasteiger charge is -2.23. The van der Waals surface area contributed by atoms with Gasteiger partial charge in [0, 0.05) is 38.8 Å². The number of likely N-dealkylation sites (N-methyl/N-ethyl adjacent to an activating group) is 1. The maximum atomic E-state index is 11.9. The number of aliphatic imine (C=N–C) groups is 1. The van der Waals surface area contributed by atoms with Crippen LogP contribution < -0.4 is 15.5 Å². The van der Waals surface area contributed by atoms with E-state index in [2.05, 4.69) is 20.5 Å². The first-order valence-electron chi connectivity index (χ1n) is 9.62. The van der Waals surface area contributed by atoms with Crippen molar-refractivity contribution in [2.24, 2.45) is 4.99 Å². The van der Waals surface area contributed by atoms with Gasteiger partial charge in [0.15, 0.2) is 5.96 Å². The number of amides is 1. The average Bonchev–Trinajstić information content (AvgIpc) is 3.36. The Morgan fingerprint density at radius 2 is 2.00 bits per heavy atom. The number of rotatable bonds is 7. The summed E-state index contributed by atoms with van der Waals surface area (Å²) in [5.74, 6) is 1.86. The number of nitrogens with one attached hydrogen (secondary N) is 2. The van der Waals surface area contributed by atoms with Gasteiger partial charge in [0.2, 0.25) is 5.91 Å². The zero-order valence-electron chi connectivity index (χ0n) is 17.2. The zero-order chi connectivity index (χ0) is 19.9. The maximum Gasteiger partial charge on any atom is 0.227 e. The van der Waals surface area contributed by atoms with Crippen molar-refractivity contribution in [1.82, 2.24) is 15.5 Å². The van der Waals surface area contributed by atoms with Gasteiger partial charge >= 0.3 is 0 Å². The highest BCUT2D eigenvalue weighted by Gasteiger charge is 2.21. The van der Waals surface area contributed by atoms with Crippen LogP contribution in [0.25, 0.3) is 0 Å². The van der Waals surface area contributed by atoms with Crippen LogP contribution in [-0.4, -0.2) is 51.0 Å². The second-order valence-corrected chi connectivity index (χ2v) is 7.12. The second-order valence-electron chi connectivity index (χ2n) is 7.12. The van der Waals surface area contributed by atoms with Crippen molar-refractivity contribution in [3.63, 3.8) is 0 Å². The van der Waals surface area contributed by atoms with Crippen LogP contribution in [0.1, 0.15) is 30.2 Å². The summed E-state index contributed by atoms with van der Waals surface area (Å²) in [6.07, 6.45) is 3.28. The maximum absolute atomic E-state index is 11.9. The van der Waals surface area contributed by atoms with Crippen LogP contribution in [0.2, 0.25) is 0 Å². The number of hydrogen-bond donors (Lipinski definition) is 2. The van der Waals surface area contributed by atoms with E-state index >= 15 is 0 Å². The Kier molecular flexibility index (Phi) is 8.97. The average molecular weight is 511 g/mol. The van der Waals surface area contributed by atoms with Gasteiger partial charge < -0.3 is 20.0 Å². The van der Waals surface area contributed by atoms with Crippen LogP contribution >= 0.6 is 24.0 Å². The summed E-state index contributed by atoms with van der Waals surface area (Å²) in [5, 5.41) is 6.69. The van der Waals surface area contributed by atoms with Gasteiger partial charge in [-0.25, -0.2) is 0 Å². The van der Waals surface area contributed by atoms with Crippen LogP contribution in [0.4, 0.5) is 5.69 Å². The van der Waals surface area contributed by atoms with E-state index in [1.54, 1.807) is 13.3 Å². The Balaban J connectivity index is 0.00000300. The van der Waals surface area contributed by atoms with E-state index < -0.39 is 0 Å². The van der Waals surface area contributed by atoms with E-state index in [4.69, 9.17) is 4.42 Å². The molecule has 2 N–H and O–H groups in total. The summed E-state index contributed by atoms with van der Waals surface area (Å²) in [6.45, 7) is 2.15. The molecule has 1 amide bonds. The number of furan rings is 1. The number of carbonyl (C=O) groups is 1. The predicted molar refractivity (Wildman–Crippen MR) is 127 cm³/mol. The third kappa shape index (κ3) is 6.20. The molecule has 2 heterocycles. The highest BCUT2D eigenvalue weighted by Crippen LogP contribution is 2.21. The molecule has 1 fully saturated rings. The number of halogens is 1. The molecule has 1 aliphatic heterocycles. The van der Waals surface area contributed by atoms with Gasteiger partial charge in [-0.1, -0.05) is 12.1 Å². The molecule has 0 radical (unpaired) electrons. The van der Waals surface area contributed by atoms with E-state index in [9.17, 15) is 4.79 Å². The topological polar surface area (TPSA) is 73.1 Å². The Bertz CT molecular complexity index is 790. The number of guanidine groups is 1. The highest BCUT2D eigenvalue weighted by atomic mass is 127. The number of anilines is 1. The fourth-order valence-electron chi connectivity index (χ4n) is 3.33. The fraction of sp³-hybridized carbons (Fsp3) is 0.429. The van der Waals surface area contributed by atoms with Crippen molar-refractivity contribution in [3.05, 3.63) is 54.0 Å². The molecule has 0 aliphatic carbocycles.